The Morgan fingerprint density at radius 2 is 1.77 bits per heavy atom. The Bertz CT molecular complexity index is 1020. The van der Waals surface area contributed by atoms with E-state index in [2.05, 4.69) is 15.3 Å². The van der Waals surface area contributed by atoms with Crippen molar-refractivity contribution in [3.8, 4) is 11.4 Å². The van der Waals surface area contributed by atoms with Gasteiger partial charge < -0.3 is 5.32 Å². The fourth-order valence-electron chi connectivity index (χ4n) is 4.16. The van der Waals surface area contributed by atoms with Crippen molar-refractivity contribution in [2.24, 2.45) is 5.92 Å². The molecule has 2 aliphatic rings. The quantitative estimate of drug-likeness (QED) is 0.762. The van der Waals surface area contributed by atoms with Crippen LogP contribution in [-0.4, -0.2) is 39.7 Å². The number of ketones is 2. The molecule has 1 N–H and O–H groups in total. The molecule has 0 spiro atoms. The minimum Gasteiger partial charge on any atom is -0.350 e. The normalized spacial score (nSPS) is 25.5. The molecule has 6 nitrogen and oxygen atoms in total. The van der Waals surface area contributed by atoms with E-state index >= 15 is 0 Å². The van der Waals surface area contributed by atoms with E-state index in [-0.39, 0.29) is 24.4 Å². The molecule has 2 aromatic rings. The number of rotatable bonds is 5. The van der Waals surface area contributed by atoms with Gasteiger partial charge in [0.05, 0.1) is 18.4 Å². The lowest BCUT2D eigenvalue weighted by Gasteiger charge is -2.17. The molecule has 8 heteroatoms. The zero-order valence-electron chi connectivity index (χ0n) is 16.6. The maximum absolute atomic E-state index is 13.1. The second-order valence-electron chi connectivity index (χ2n) is 8.08. The van der Waals surface area contributed by atoms with Gasteiger partial charge in [-0.15, -0.1) is 0 Å². The lowest BCUT2D eigenvalue weighted by molar-refractivity contribution is -0.128. The second-order valence-corrected chi connectivity index (χ2v) is 8.08. The lowest BCUT2D eigenvalue weighted by atomic mass is 9.86. The predicted molar refractivity (Wildman–Crippen MR) is 104 cm³/mol. The molecule has 30 heavy (non-hydrogen) atoms. The Kier molecular flexibility index (Phi) is 5.17. The van der Waals surface area contributed by atoms with Gasteiger partial charge in [0.1, 0.15) is 17.9 Å². The average Bonchev–Trinajstić information content (AvgIpc) is 3.30. The fraction of sp³-hybridized carbons (Fsp3) is 0.409. The maximum atomic E-state index is 13.1. The summed E-state index contributed by atoms with van der Waals surface area (Å²) in [5.74, 6) is -2.70. The molecular formula is C22H21F2N3O3. The standard InChI is InChI=1S/C22H21F2N3O3/c1-10-3-13(22-25-8-14(23)9-26-22)4-11(2)19(10)20-17(28)5-12(21(20)30)6-18(29)27-16-7-15(16)24/h3-4,8-9,12,15-16,20H,5-7H2,1-2H3,(H,27,29). The van der Waals surface area contributed by atoms with Crippen molar-refractivity contribution >= 4 is 17.5 Å². The van der Waals surface area contributed by atoms with Gasteiger partial charge in [0.15, 0.2) is 17.4 Å². The third-order valence-corrected chi connectivity index (χ3v) is 5.71. The summed E-state index contributed by atoms with van der Waals surface area (Å²) in [4.78, 5) is 45.7. The summed E-state index contributed by atoms with van der Waals surface area (Å²) in [6.45, 7) is 3.59. The summed E-state index contributed by atoms with van der Waals surface area (Å²) in [7, 11) is 0. The molecule has 1 amide bonds. The van der Waals surface area contributed by atoms with E-state index in [1.54, 1.807) is 26.0 Å². The molecule has 1 heterocycles. The van der Waals surface area contributed by atoms with Gasteiger partial charge in [0.2, 0.25) is 5.91 Å². The summed E-state index contributed by atoms with van der Waals surface area (Å²) >= 11 is 0. The van der Waals surface area contributed by atoms with Gasteiger partial charge in [0, 0.05) is 30.7 Å². The summed E-state index contributed by atoms with van der Waals surface area (Å²) in [5.41, 5.74) is 2.75. The van der Waals surface area contributed by atoms with E-state index in [1.807, 2.05) is 0 Å². The first-order valence-electron chi connectivity index (χ1n) is 9.83. The van der Waals surface area contributed by atoms with E-state index in [0.717, 1.165) is 23.5 Å². The number of hydrogen-bond acceptors (Lipinski definition) is 5. The van der Waals surface area contributed by atoms with E-state index < -0.39 is 35.8 Å². The van der Waals surface area contributed by atoms with Crippen molar-refractivity contribution in [2.45, 2.75) is 51.2 Å². The number of aromatic nitrogens is 2. The zero-order chi connectivity index (χ0) is 21.6. The van der Waals surface area contributed by atoms with E-state index in [1.165, 1.54) is 0 Å². The van der Waals surface area contributed by atoms with Gasteiger partial charge in [-0.25, -0.2) is 18.7 Å². The fourth-order valence-corrected chi connectivity index (χ4v) is 4.16. The minimum absolute atomic E-state index is 0.00233. The van der Waals surface area contributed by atoms with Gasteiger partial charge in [-0.05, 0) is 42.7 Å². The maximum Gasteiger partial charge on any atom is 0.221 e. The summed E-state index contributed by atoms with van der Waals surface area (Å²) in [5, 5.41) is 2.55. The Morgan fingerprint density at radius 1 is 1.17 bits per heavy atom. The topological polar surface area (TPSA) is 89.0 Å². The molecular weight excluding hydrogens is 392 g/mol. The molecule has 0 radical (unpaired) electrons. The van der Waals surface area contributed by atoms with Crippen LogP contribution in [0.3, 0.4) is 0 Å². The number of amides is 1. The zero-order valence-corrected chi connectivity index (χ0v) is 16.6. The summed E-state index contributed by atoms with van der Waals surface area (Å²) in [6.07, 6.45) is 1.33. The molecule has 1 aromatic carbocycles. The number of benzene rings is 1. The third-order valence-electron chi connectivity index (χ3n) is 5.71. The van der Waals surface area contributed by atoms with Crippen LogP contribution in [0, 0.1) is 25.6 Å². The van der Waals surface area contributed by atoms with Gasteiger partial charge in [-0.3, -0.25) is 14.4 Å². The van der Waals surface area contributed by atoms with Crippen molar-refractivity contribution in [1.29, 1.82) is 0 Å². The predicted octanol–water partition coefficient (Wildman–Crippen LogP) is 2.76. The van der Waals surface area contributed by atoms with E-state index in [0.29, 0.717) is 23.4 Å². The molecule has 0 aliphatic heterocycles. The molecule has 2 fully saturated rings. The van der Waals surface area contributed by atoms with Gasteiger partial charge in [-0.2, -0.15) is 0 Å². The summed E-state index contributed by atoms with van der Waals surface area (Å²) in [6, 6.07) is 3.07. The first-order valence-corrected chi connectivity index (χ1v) is 9.83. The first kappa shape index (κ1) is 20.3. The highest BCUT2D eigenvalue weighted by Crippen LogP contribution is 2.38. The monoisotopic (exact) mass is 413 g/mol. The molecule has 0 saturated heterocycles. The van der Waals surface area contributed by atoms with Crippen molar-refractivity contribution in [2.75, 3.05) is 0 Å². The Labute approximate surface area is 172 Å². The van der Waals surface area contributed by atoms with Crippen LogP contribution in [0.1, 0.15) is 41.9 Å². The number of Topliss-reactive ketones (excluding diaryl/α,β-unsaturated/α-hetero) is 2. The Hall–Kier alpha value is -3.03. The van der Waals surface area contributed by atoms with Gasteiger partial charge in [-0.1, -0.05) is 0 Å². The molecule has 4 rings (SSSR count). The van der Waals surface area contributed by atoms with Crippen molar-refractivity contribution < 1.29 is 23.2 Å². The summed E-state index contributed by atoms with van der Waals surface area (Å²) < 4.78 is 26.1. The van der Waals surface area contributed by atoms with Crippen LogP contribution < -0.4 is 5.32 Å². The first-order chi connectivity index (χ1) is 14.2. The molecule has 1 aromatic heterocycles. The SMILES string of the molecule is Cc1cc(-c2ncc(F)cn2)cc(C)c1C1C(=O)CC(CC(=O)NC2CC2F)C1=O. The molecule has 4 unspecified atom stereocenters. The molecule has 2 saturated carbocycles. The highest BCUT2D eigenvalue weighted by atomic mass is 19.1. The minimum atomic E-state index is -1.02. The molecule has 2 aliphatic carbocycles. The number of carbonyl (C=O) groups is 3. The van der Waals surface area contributed by atoms with Crippen molar-refractivity contribution in [3.05, 3.63) is 47.0 Å². The van der Waals surface area contributed by atoms with Crippen LogP contribution in [0.15, 0.2) is 24.5 Å². The van der Waals surface area contributed by atoms with Crippen LogP contribution in [0.5, 0.6) is 0 Å². The second kappa shape index (κ2) is 7.66. The molecule has 0 bridgehead atoms. The van der Waals surface area contributed by atoms with Gasteiger partial charge in [0.25, 0.3) is 0 Å². The van der Waals surface area contributed by atoms with Crippen molar-refractivity contribution in [3.63, 3.8) is 0 Å². The van der Waals surface area contributed by atoms with E-state index in [9.17, 15) is 23.2 Å². The average molecular weight is 413 g/mol. The highest BCUT2D eigenvalue weighted by molar-refractivity contribution is 6.15. The highest BCUT2D eigenvalue weighted by Gasteiger charge is 2.45. The number of halogens is 2. The van der Waals surface area contributed by atoms with Crippen LogP contribution in [0.2, 0.25) is 0 Å². The molecule has 4 atom stereocenters. The Balaban J connectivity index is 1.55. The van der Waals surface area contributed by atoms with Crippen molar-refractivity contribution in [1.82, 2.24) is 15.3 Å². The number of nitrogens with one attached hydrogen (secondary N) is 1. The number of hydrogen-bond donors (Lipinski definition) is 1. The number of aryl methyl sites for hydroxylation is 2. The lowest BCUT2D eigenvalue weighted by Crippen LogP contribution is -2.30. The number of carbonyl (C=O) groups excluding carboxylic acids is 3. The van der Waals surface area contributed by atoms with Crippen LogP contribution in [-0.2, 0) is 14.4 Å². The number of nitrogens with zero attached hydrogens (tertiary/aromatic N) is 2. The number of alkyl halides is 1. The smallest absolute Gasteiger partial charge is 0.221 e. The molecule has 156 valence electrons. The largest absolute Gasteiger partial charge is 0.350 e. The van der Waals surface area contributed by atoms with Gasteiger partial charge >= 0.3 is 0 Å². The van der Waals surface area contributed by atoms with Crippen LogP contribution in [0.4, 0.5) is 8.78 Å². The Morgan fingerprint density at radius 3 is 2.33 bits per heavy atom. The van der Waals surface area contributed by atoms with E-state index in [4.69, 9.17) is 0 Å². The van der Waals surface area contributed by atoms with Crippen LogP contribution in [0.25, 0.3) is 11.4 Å². The van der Waals surface area contributed by atoms with Crippen LogP contribution >= 0.6 is 0 Å². The third kappa shape index (κ3) is 3.86.